The monoisotopic (exact) mass is 326 g/mol. The lowest BCUT2D eigenvalue weighted by atomic mass is 10.1. The topological polar surface area (TPSA) is 84.4 Å². The first kappa shape index (κ1) is 15.9. The molecule has 0 fully saturated rings. The van der Waals surface area contributed by atoms with Gasteiger partial charge in [-0.25, -0.2) is 4.98 Å². The Kier molecular flexibility index (Phi) is 4.37. The lowest BCUT2D eigenvalue weighted by Gasteiger charge is -2.03. The van der Waals surface area contributed by atoms with Crippen molar-refractivity contribution in [2.45, 2.75) is 12.8 Å². The Bertz CT molecular complexity index is 869. The Hall–Kier alpha value is -3.02. The van der Waals surface area contributed by atoms with E-state index in [0.29, 0.717) is 28.8 Å². The normalized spacial score (nSPS) is 10.8. The van der Waals surface area contributed by atoms with Crippen LogP contribution in [0.5, 0.6) is 11.5 Å². The number of carbonyl (C=O) groups is 1. The number of hydrogen-bond donors (Lipinski definition) is 2. The molecule has 24 heavy (non-hydrogen) atoms. The maximum absolute atomic E-state index is 11.0. The van der Waals surface area contributed by atoms with E-state index in [2.05, 4.69) is 9.97 Å². The maximum atomic E-state index is 11.0. The van der Waals surface area contributed by atoms with Crippen molar-refractivity contribution in [2.24, 2.45) is 0 Å². The van der Waals surface area contributed by atoms with Crippen LogP contribution in [0.25, 0.3) is 11.0 Å². The van der Waals surface area contributed by atoms with Gasteiger partial charge in [-0.05, 0) is 29.3 Å². The minimum absolute atomic E-state index is 0.0648. The molecule has 0 aliphatic rings. The van der Waals surface area contributed by atoms with Crippen molar-refractivity contribution in [1.29, 1.82) is 0 Å². The predicted molar refractivity (Wildman–Crippen MR) is 89.8 cm³/mol. The highest BCUT2D eigenvalue weighted by Crippen LogP contribution is 2.27. The number of imidazole rings is 1. The van der Waals surface area contributed by atoms with Crippen LogP contribution in [0.1, 0.15) is 17.0 Å². The van der Waals surface area contributed by atoms with Crippen LogP contribution in [0.15, 0.2) is 36.4 Å². The lowest BCUT2D eigenvalue weighted by molar-refractivity contribution is -0.136. The van der Waals surface area contributed by atoms with Crippen LogP contribution in [-0.4, -0.2) is 35.3 Å². The molecule has 124 valence electrons. The third-order valence-corrected chi connectivity index (χ3v) is 3.84. The number of H-pyrrole nitrogens is 1. The average molecular weight is 326 g/mol. The fourth-order valence-electron chi connectivity index (χ4n) is 2.67. The number of aromatic amines is 1. The Balaban J connectivity index is 1.97. The van der Waals surface area contributed by atoms with Gasteiger partial charge in [0, 0.05) is 6.42 Å². The highest BCUT2D eigenvalue weighted by molar-refractivity contribution is 5.88. The van der Waals surface area contributed by atoms with Crippen LogP contribution >= 0.6 is 0 Å². The van der Waals surface area contributed by atoms with Crippen LogP contribution in [0, 0.1) is 0 Å². The van der Waals surface area contributed by atoms with Crippen LogP contribution in [0.2, 0.25) is 0 Å². The van der Waals surface area contributed by atoms with E-state index in [4.69, 9.17) is 14.6 Å². The average Bonchev–Trinajstić information content (AvgIpc) is 2.99. The van der Waals surface area contributed by atoms with E-state index < -0.39 is 5.97 Å². The van der Waals surface area contributed by atoms with Gasteiger partial charge in [-0.2, -0.15) is 0 Å². The van der Waals surface area contributed by atoms with Gasteiger partial charge in [0.2, 0.25) is 0 Å². The molecule has 3 aromatic rings. The molecular weight excluding hydrogens is 308 g/mol. The number of hydrogen-bond acceptors (Lipinski definition) is 4. The van der Waals surface area contributed by atoms with E-state index in [9.17, 15) is 4.79 Å². The first-order valence-corrected chi connectivity index (χ1v) is 7.50. The Morgan fingerprint density at radius 3 is 2.50 bits per heavy atom. The van der Waals surface area contributed by atoms with Gasteiger partial charge in [-0.15, -0.1) is 0 Å². The van der Waals surface area contributed by atoms with E-state index >= 15 is 0 Å². The van der Waals surface area contributed by atoms with Crippen LogP contribution in [-0.2, 0) is 17.6 Å². The van der Waals surface area contributed by atoms with E-state index in [-0.39, 0.29) is 6.42 Å². The lowest BCUT2D eigenvalue weighted by Crippen LogP contribution is -2.01. The second-order valence-corrected chi connectivity index (χ2v) is 5.43. The highest BCUT2D eigenvalue weighted by Gasteiger charge is 2.14. The van der Waals surface area contributed by atoms with E-state index in [1.54, 1.807) is 26.4 Å². The number of carboxylic acids is 1. The summed E-state index contributed by atoms with van der Waals surface area (Å²) in [5, 5.41) is 9.07. The summed E-state index contributed by atoms with van der Waals surface area (Å²) in [5.74, 6) is 1.30. The van der Waals surface area contributed by atoms with Crippen molar-refractivity contribution in [1.82, 2.24) is 9.97 Å². The third kappa shape index (κ3) is 3.17. The largest absolute Gasteiger partial charge is 0.497 e. The number of nitrogens with one attached hydrogen (secondary N) is 1. The molecule has 6 heteroatoms. The summed E-state index contributed by atoms with van der Waals surface area (Å²) in [6, 6.07) is 11.2. The SMILES string of the molecule is COc1ccc(Cc2nc3c(OC)ccc(CC(=O)O)c3[nH]2)cc1. The molecule has 0 atom stereocenters. The molecule has 0 saturated carbocycles. The van der Waals surface area contributed by atoms with Crippen molar-refractivity contribution in [3.63, 3.8) is 0 Å². The van der Waals surface area contributed by atoms with Gasteiger partial charge < -0.3 is 19.6 Å². The van der Waals surface area contributed by atoms with E-state index in [0.717, 1.165) is 17.1 Å². The summed E-state index contributed by atoms with van der Waals surface area (Å²) in [6.07, 6.45) is 0.541. The number of nitrogens with zero attached hydrogens (tertiary/aromatic N) is 1. The van der Waals surface area contributed by atoms with Crippen LogP contribution in [0.3, 0.4) is 0 Å². The fourth-order valence-corrected chi connectivity index (χ4v) is 2.67. The minimum atomic E-state index is -0.882. The summed E-state index contributed by atoms with van der Waals surface area (Å²) in [7, 11) is 3.20. The molecule has 0 amide bonds. The van der Waals surface area contributed by atoms with Gasteiger partial charge in [0.15, 0.2) is 0 Å². The van der Waals surface area contributed by atoms with Gasteiger partial charge in [0.05, 0.1) is 26.2 Å². The van der Waals surface area contributed by atoms with Gasteiger partial charge in [0.1, 0.15) is 22.8 Å². The van der Waals surface area contributed by atoms with Crippen molar-refractivity contribution in [3.05, 3.63) is 53.3 Å². The summed E-state index contributed by atoms with van der Waals surface area (Å²) in [4.78, 5) is 18.9. The molecule has 0 unspecified atom stereocenters. The second kappa shape index (κ2) is 6.62. The van der Waals surface area contributed by atoms with Gasteiger partial charge in [-0.1, -0.05) is 18.2 Å². The molecule has 0 aliphatic heterocycles. The molecule has 0 radical (unpaired) electrons. The van der Waals surface area contributed by atoms with E-state index in [1.165, 1.54) is 0 Å². The number of carboxylic acid groups (broad SMARTS) is 1. The quantitative estimate of drug-likeness (QED) is 0.727. The second-order valence-electron chi connectivity index (χ2n) is 5.43. The number of aliphatic carboxylic acids is 1. The first-order valence-electron chi connectivity index (χ1n) is 7.50. The van der Waals surface area contributed by atoms with Gasteiger partial charge >= 0.3 is 5.97 Å². The first-order chi connectivity index (χ1) is 11.6. The molecule has 2 aromatic carbocycles. The third-order valence-electron chi connectivity index (χ3n) is 3.84. The molecule has 0 saturated heterocycles. The number of fused-ring (bicyclic) bond motifs is 1. The standard InChI is InChI=1S/C18H18N2O4/c1-23-13-6-3-11(4-7-13)9-15-19-17-12(10-16(21)22)5-8-14(24-2)18(17)20-15/h3-8H,9-10H2,1-2H3,(H,19,20)(H,21,22). The van der Waals surface area contributed by atoms with Crippen molar-refractivity contribution in [2.75, 3.05) is 14.2 Å². The van der Waals surface area contributed by atoms with Crippen LogP contribution in [0.4, 0.5) is 0 Å². The zero-order valence-corrected chi connectivity index (χ0v) is 13.5. The number of rotatable bonds is 6. The minimum Gasteiger partial charge on any atom is -0.497 e. The Morgan fingerprint density at radius 2 is 1.88 bits per heavy atom. The summed E-state index contributed by atoms with van der Waals surface area (Å²) >= 11 is 0. The van der Waals surface area contributed by atoms with E-state index in [1.807, 2.05) is 24.3 Å². The number of aromatic nitrogens is 2. The highest BCUT2D eigenvalue weighted by atomic mass is 16.5. The van der Waals surface area contributed by atoms with Crippen molar-refractivity contribution in [3.8, 4) is 11.5 Å². The molecule has 6 nitrogen and oxygen atoms in total. The fraction of sp³-hybridized carbons (Fsp3) is 0.222. The number of methoxy groups -OCH3 is 2. The van der Waals surface area contributed by atoms with Gasteiger partial charge in [-0.3, -0.25) is 4.79 Å². The summed E-state index contributed by atoms with van der Waals surface area (Å²) in [5.41, 5.74) is 3.13. The molecule has 2 N–H and O–H groups in total. The zero-order chi connectivity index (χ0) is 17.1. The van der Waals surface area contributed by atoms with Crippen molar-refractivity contribution >= 4 is 17.0 Å². The van der Waals surface area contributed by atoms with Crippen molar-refractivity contribution < 1.29 is 19.4 Å². The zero-order valence-electron chi connectivity index (χ0n) is 13.5. The molecule has 0 spiro atoms. The molecular formula is C18H18N2O4. The predicted octanol–water partition coefficient (Wildman–Crippen LogP) is 2.80. The Labute approximate surface area is 139 Å². The van der Waals surface area contributed by atoms with Crippen LogP contribution < -0.4 is 9.47 Å². The molecule has 0 bridgehead atoms. The number of ether oxygens (including phenoxy) is 2. The Morgan fingerprint density at radius 1 is 1.12 bits per heavy atom. The van der Waals surface area contributed by atoms with Gasteiger partial charge in [0.25, 0.3) is 0 Å². The molecule has 3 rings (SSSR count). The summed E-state index contributed by atoms with van der Waals surface area (Å²) in [6.45, 7) is 0. The maximum Gasteiger partial charge on any atom is 0.307 e. The summed E-state index contributed by atoms with van der Waals surface area (Å²) < 4.78 is 10.5. The number of benzene rings is 2. The molecule has 1 aromatic heterocycles. The smallest absolute Gasteiger partial charge is 0.307 e. The molecule has 1 heterocycles. The molecule has 0 aliphatic carbocycles.